The highest BCUT2D eigenvalue weighted by atomic mass is 19.2. The van der Waals surface area contributed by atoms with Crippen LogP contribution in [0.4, 0.5) is 8.78 Å². The summed E-state index contributed by atoms with van der Waals surface area (Å²) in [5.41, 5.74) is 1.05. The maximum atomic E-state index is 14.0. The molecular weight excluding hydrogens is 380 g/mol. The second-order valence-electron chi connectivity index (χ2n) is 6.82. The van der Waals surface area contributed by atoms with Crippen LogP contribution in [0.5, 0.6) is 5.75 Å². The number of piperazine rings is 1. The number of methoxy groups -OCH3 is 1. The van der Waals surface area contributed by atoms with Crippen molar-refractivity contribution in [1.82, 2.24) is 15.5 Å². The summed E-state index contributed by atoms with van der Waals surface area (Å²) in [6, 6.07) is 10.5. The molecule has 3 rings (SSSR count). The molecule has 0 saturated carbocycles. The monoisotopic (exact) mass is 403 g/mol. The molecule has 2 N–H and O–H groups in total. The molecular formula is C21H23F2N3O3. The third-order valence-corrected chi connectivity index (χ3v) is 4.87. The summed E-state index contributed by atoms with van der Waals surface area (Å²) < 4.78 is 32.6. The Labute approximate surface area is 167 Å². The average Bonchev–Trinajstić information content (AvgIpc) is 2.72. The lowest BCUT2D eigenvalue weighted by molar-refractivity contribution is -0.134. The molecule has 1 heterocycles. The van der Waals surface area contributed by atoms with Crippen molar-refractivity contribution < 1.29 is 23.1 Å². The van der Waals surface area contributed by atoms with Gasteiger partial charge in [-0.1, -0.05) is 24.3 Å². The van der Waals surface area contributed by atoms with Crippen LogP contribution in [0.1, 0.15) is 17.5 Å². The number of rotatable bonds is 7. The largest absolute Gasteiger partial charge is 0.497 e. The predicted octanol–water partition coefficient (Wildman–Crippen LogP) is 1.98. The Kier molecular flexibility index (Phi) is 6.77. The summed E-state index contributed by atoms with van der Waals surface area (Å²) in [5.74, 6) is -1.74. The van der Waals surface area contributed by atoms with Crippen molar-refractivity contribution in [3.05, 3.63) is 65.2 Å². The van der Waals surface area contributed by atoms with Crippen molar-refractivity contribution in [2.45, 2.75) is 25.6 Å². The van der Waals surface area contributed by atoms with Crippen LogP contribution in [-0.2, 0) is 22.7 Å². The number of carbonyl (C=O) groups excluding carboxylic acids is 2. The molecule has 154 valence electrons. The lowest BCUT2D eigenvalue weighted by Crippen LogP contribution is -2.56. The fourth-order valence-corrected chi connectivity index (χ4v) is 3.25. The molecule has 2 aromatic rings. The van der Waals surface area contributed by atoms with Gasteiger partial charge in [-0.3, -0.25) is 14.5 Å². The van der Waals surface area contributed by atoms with E-state index in [2.05, 4.69) is 10.6 Å². The molecule has 1 saturated heterocycles. The standard InChI is InChI=1S/C21H23F2N3O3/c1-29-16-7-5-14(6-8-16)12-25-19(27)11-18-21(28)24-9-10-26(18)13-15-3-2-4-17(22)20(15)23/h2-8,18H,9-13H2,1H3,(H,24,28)(H,25,27). The molecule has 8 heteroatoms. The van der Waals surface area contributed by atoms with E-state index in [1.807, 2.05) is 12.1 Å². The fourth-order valence-electron chi connectivity index (χ4n) is 3.25. The van der Waals surface area contributed by atoms with E-state index in [4.69, 9.17) is 4.74 Å². The van der Waals surface area contributed by atoms with E-state index in [1.165, 1.54) is 12.1 Å². The summed E-state index contributed by atoms with van der Waals surface area (Å²) in [6.45, 7) is 1.20. The minimum absolute atomic E-state index is 0.0490. The van der Waals surface area contributed by atoms with Gasteiger partial charge in [-0.15, -0.1) is 0 Å². The Morgan fingerprint density at radius 2 is 2.00 bits per heavy atom. The number of hydrogen-bond donors (Lipinski definition) is 2. The van der Waals surface area contributed by atoms with Crippen LogP contribution in [0.15, 0.2) is 42.5 Å². The van der Waals surface area contributed by atoms with Gasteiger partial charge >= 0.3 is 0 Å². The van der Waals surface area contributed by atoms with Crippen LogP contribution >= 0.6 is 0 Å². The Hall–Kier alpha value is -3.00. The summed E-state index contributed by atoms with van der Waals surface area (Å²) >= 11 is 0. The lowest BCUT2D eigenvalue weighted by atomic mass is 10.1. The van der Waals surface area contributed by atoms with E-state index in [9.17, 15) is 18.4 Å². The first-order chi connectivity index (χ1) is 14.0. The van der Waals surface area contributed by atoms with Crippen molar-refractivity contribution in [1.29, 1.82) is 0 Å². The Balaban J connectivity index is 1.61. The highest BCUT2D eigenvalue weighted by molar-refractivity contribution is 5.88. The summed E-state index contributed by atoms with van der Waals surface area (Å²) in [4.78, 5) is 26.4. The third-order valence-electron chi connectivity index (χ3n) is 4.87. The van der Waals surface area contributed by atoms with E-state index in [1.54, 1.807) is 24.1 Å². The molecule has 1 fully saturated rings. The van der Waals surface area contributed by atoms with Crippen molar-refractivity contribution in [2.24, 2.45) is 0 Å². The van der Waals surface area contributed by atoms with Crippen LogP contribution in [-0.4, -0.2) is 43.0 Å². The van der Waals surface area contributed by atoms with Gasteiger partial charge in [-0.25, -0.2) is 8.78 Å². The molecule has 1 aliphatic heterocycles. The number of hydrogen-bond acceptors (Lipinski definition) is 4. The van der Waals surface area contributed by atoms with E-state index >= 15 is 0 Å². The number of nitrogens with one attached hydrogen (secondary N) is 2. The number of halogens is 2. The summed E-state index contributed by atoms with van der Waals surface area (Å²) in [7, 11) is 1.58. The van der Waals surface area contributed by atoms with Gasteiger partial charge in [0, 0.05) is 31.7 Å². The van der Waals surface area contributed by atoms with E-state index < -0.39 is 17.7 Å². The van der Waals surface area contributed by atoms with Crippen molar-refractivity contribution in [3.63, 3.8) is 0 Å². The number of ether oxygens (including phenoxy) is 1. The van der Waals surface area contributed by atoms with Crippen molar-refractivity contribution in [3.8, 4) is 5.75 Å². The molecule has 0 aromatic heterocycles. The zero-order valence-electron chi connectivity index (χ0n) is 16.1. The van der Waals surface area contributed by atoms with Gasteiger partial charge in [0.1, 0.15) is 5.75 Å². The topological polar surface area (TPSA) is 70.7 Å². The molecule has 0 radical (unpaired) electrons. The molecule has 0 aliphatic carbocycles. The Morgan fingerprint density at radius 1 is 1.24 bits per heavy atom. The van der Waals surface area contributed by atoms with E-state index in [0.717, 1.165) is 17.4 Å². The van der Waals surface area contributed by atoms with Crippen molar-refractivity contribution >= 4 is 11.8 Å². The fraction of sp³-hybridized carbons (Fsp3) is 0.333. The number of carbonyl (C=O) groups is 2. The van der Waals surface area contributed by atoms with Gasteiger partial charge in [0.25, 0.3) is 0 Å². The summed E-state index contributed by atoms with van der Waals surface area (Å²) in [5, 5.41) is 5.51. The normalized spacial score (nSPS) is 16.9. The molecule has 1 aliphatic rings. The van der Waals surface area contributed by atoms with Gasteiger partial charge < -0.3 is 15.4 Å². The second kappa shape index (κ2) is 9.47. The maximum absolute atomic E-state index is 14.0. The quantitative estimate of drug-likeness (QED) is 0.742. The van der Waals surface area contributed by atoms with Crippen LogP contribution in [0.3, 0.4) is 0 Å². The zero-order valence-corrected chi connectivity index (χ0v) is 16.1. The first kappa shape index (κ1) is 20.7. The third kappa shape index (κ3) is 5.29. The number of amides is 2. The van der Waals surface area contributed by atoms with Crippen molar-refractivity contribution in [2.75, 3.05) is 20.2 Å². The first-order valence-corrected chi connectivity index (χ1v) is 9.32. The van der Waals surface area contributed by atoms with Gasteiger partial charge in [0.15, 0.2) is 11.6 Å². The smallest absolute Gasteiger partial charge is 0.237 e. The first-order valence-electron chi connectivity index (χ1n) is 9.32. The van der Waals surface area contributed by atoms with Gasteiger partial charge in [0.2, 0.25) is 11.8 Å². The molecule has 2 amide bonds. The molecule has 2 aromatic carbocycles. The van der Waals surface area contributed by atoms with E-state index in [-0.39, 0.29) is 30.3 Å². The Morgan fingerprint density at radius 3 is 2.72 bits per heavy atom. The van der Waals surface area contributed by atoms with Gasteiger partial charge in [0.05, 0.1) is 19.6 Å². The highest BCUT2D eigenvalue weighted by Crippen LogP contribution is 2.18. The van der Waals surface area contributed by atoms with Crippen LogP contribution < -0.4 is 15.4 Å². The molecule has 1 atom stereocenters. The predicted molar refractivity (Wildman–Crippen MR) is 103 cm³/mol. The minimum Gasteiger partial charge on any atom is -0.497 e. The number of benzene rings is 2. The minimum atomic E-state index is -0.933. The Bertz CT molecular complexity index is 874. The lowest BCUT2D eigenvalue weighted by Gasteiger charge is -2.34. The molecule has 0 spiro atoms. The maximum Gasteiger partial charge on any atom is 0.237 e. The zero-order chi connectivity index (χ0) is 20.8. The van der Waals surface area contributed by atoms with Gasteiger partial charge in [-0.05, 0) is 23.8 Å². The van der Waals surface area contributed by atoms with Crippen LogP contribution in [0.2, 0.25) is 0 Å². The number of nitrogens with zero attached hydrogens (tertiary/aromatic N) is 1. The van der Waals surface area contributed by atoms with Gasteiger partial charge in [-0.2, -0.15) is 0 Å². The van der Waals surface area contributed by atoms with E-state index in [0.29, 0.717) is 19.6 Å². The SMILES string of the molecule is COc1ccc(CNC(=O)CC2C(=O)NCCN2Cc2cccc(F)c2F)cc1. The molecule has 29 heavy (non-hydrogen) atoms. The highest BCUT2D eigenvalue weighted by Gasteiger charge is 2.32. The summed E-state index contributed by atoms with van der Waals surface area (Å²) in [6.07, 6.45) is -0.0705. The van der Waals surface area contributed by atoms with Crippen LogP contribution in [0, 0.1) is 11.6 Å². The second-order valence-corrected chi connectivity index (χ2v) is 6.82. The van der Waals surface area contributed by atoms with Crippen LogP contribution in [0.25, 0.3) is 0 Å². The molecule has 1 unspecified atom stereocenters. The molecule has 0 bridgehead atoms. The average molecular weight is 403 g/mol. The molecule has 6 nitrogen and oxygen atoms in total.